The summed E-state index contributed by atoms with van der Waals surface area (Å²) in [5.74, 6) is -0.169. The highest BCUT2D eigenvalue weighted by atomic mass is 19.4. The fourth-order valence-electron chi connectivity index (χ4n) is 4.94. The predicted molar refractivity (Wildman–Crippen MR) is 136 cm³/mol. The Morgan fingerprint density at radius 2 is 1.87 bits per heavy atom. The number of nitrogens with one attached hydrogen (secondary N) is 3. The lowest BCUT2D eigenvalue weighted by molar-refractivity contribution is -0.137. The molecule has 0 spiro atoms. The van der Waals surface area contributed by atoms with Crippen molar-refractivity contribution in [1.82, 2.24) is 25.6 Å². The van der Waals surface area contributed by atoms with Crippen LogP contribution in [0, 0.1) is 12.8 Å². The van der Waals surface area contributed by atoms with E-state index >= 15 is 0 Å². The van der Waals surface area contributed by atoms with Gasteiger partial charge >= 0.3 is 6.18 Å². The fraction of sp³-hybridized carbons (Fsp3) is 0.481. The van der Waals surface area contributed by atoms with Gasteiger partial charge in [-0.2, -0.15) is 13.2 Å². The van der Waals surface area contributed by atoms with Crippen LogP contribution in [0.3, 0.4) is 0 Å². The summed E-state index contributed by atoms with van der Waals surface area (Å²) in [5.41, 5.74) is 0.940. The van der Waals surface area contributed by atoms with Crippen LogP contribution in [0.2, 0.25) is 0 Å². The lowest BCUT2D eigenvalue weighted by Gasteiger charge is -2.16. The number of rotatable bonds is 8. The minimum atomic E-state index is -4.56. The van der Waals surface area contributed by atoms with Crippen molar-refractivity contribution < 1.29 is 32.6 Å². The summed E-state index contributed by atoms with van der Waals surface area (Å²) in [6.45, 7) is 3.49. The molecule has 2 aliphatic rings. The number of aliphatic hydroxyl groups is 1. The molecule has 2 amide bonds. The molecule has 0 aliphatic heterocycles. The lowest BCUT2D eigenvalue weighted by atomic mass is 10.0. The molecule has 2 fully saturated rings. The number of aryl methyl sites for hydroxylation is 1. The zero-order chi connectivity index (χ0) is 27.9. The van der Waals surface area contributed by atoms with Crippen molar-refractivity contribution in [1.29, 1.82) is 0 Å². The van der Waals surface area contributed by atoms with E-state index in [1.54, 1.807) is 6.92 Å². The Hall–Kier alpha value is -3.67. The third-order valence-corrected chi connectivity index (χ3v) is 7.23. The second kappa shape index (κ2) is 10.5. The number of halogens is 3. The molecule has 4 N–H and O–H groups in total. The molecule has 0 unspecified atom stereocenters. The number of alkyl halides is 3. The molecule has 3 atom stereocenters. The summed E-state index contributed by atoms with van der Waals surface area (Å²) in [6, 6.07) is 2.95. The summed E-state index contributed by atoms with van der Waals surface area (Å²) in [4.78, 5) is 36.8. The molecule has 1 aromatic carbocycles. The lowest BCUT2D eigenvalue weighted by Crippen LogP contribution is -2.40. The van der Waals surface area contributed by atoms with Gasteiger partial charge in [-0.15, -0.1) is 0 Å². The van der Waals surface area contributed by atoms with Gasteiger partial charge in [0.05, 0.1) is 23.3 Å². The number of aromatic amines is 1. The van der Waals surface area contributed by atoms with E-state index < -0.39 is 23.8 Å². The van der Waals surface area contributed by atoms with Crippen LogP contribution in [-0.2, 0) is 11.0 Å². The van der Waals surface area contributed by atoms with Gasteiger partial charge in [0.25, 0.3) is 5.91 Å². The number of carbonyl (C=O) groups is 2. The second-order valence-corrected chi connectivity index (χ2v) is 10.4. The van der Waals surface area contributed by atoms with Crippen LogP contribution in [0.25, 0.3) is 22.3 Å². The summed E-state index contributed by atoms with van der Waals surface area (Å²) in [6.07, 6.45) is -0.584. The summed E-state index contributed by atoms with van der Waals surface area (Å²) in [5, 5.41) is 15.2. The molecule has 0 radical (unpaired) electrons. The van der Waals surface area contributed by atoms with Crippen molar-refractivity contribution in [2.24, 2.45) is 5.92 Å². The Kier molecular flexibility index (Phi) is 7.23. The maximum Gasteiger partial charge on any atom is 0.416 e. The standard InChI is InChI=1S/C27H30F3N5O4/c1-13-21(26(38)35-18-7-6-17(10-18)34-25(37)14(2)36)23-24(33-13)22(31-12-32-23)19-9-16(27(28,29)30)5-8-20(19)39-11-15-3-4-15/h5,8-9,12,14-15,17-18,33,36H,3-4,6-7,10-11H2,1-2H3,(H,34,37)(H,35,38)/t14-,17-,18-/m0/s1. The molecule has 208 valence electrons. The quantitative estimate of drug-likeness (QED) is 0.340. The number of carbonyl (C=O) groups excluding carboxylic acids is 2. The maximum atomic E-state index is 13.6. The Morgan fingerprint density at radius 1 is 1.15 bits per heavy atom. The molecular formula is C27H30F3N5O4. The fourth-order valence-corrected chi connectivity index (χ4v) is 4.94. The SMILES string of the molecule is Cc1[nH]c2c(-c3cc(C(F)(F)F)ccc3OCC3CC3)ncnc2c1C(=O)N[C@H]1CC[C@H](NC(=O)[C@H](C)O)C1. The van der Waals surface area contributed by atoms with Crippen molar-refractivity contribution in [3.63, 3.8) is 0 Å². The van der Waals surface area contributed by atoms with Crippen LogP contribution in [0.15, 0.2) is 24.5 Å². The first-order valence-electron chi connectivity index (χ1n) is 13.0. The van der Waals surface area contributed by atoms with Crippen molar-refractivity contribution in [3.8, 4) is 17.0 Å². The Morgan fingerprint density at radius 3 is 2.54 bits per heavy atom. The van der Waals surface area contributed by atoms with Crippen LogP contribution in [0.1, 0.15) is 60.6 Å². The Bertz CT molecular complexity index is 1400. The highest BCUT2D eigenvalue weighted by Gasteiger charge is 2.33. The van der Waals surface area contributed by atoms with Gasteiger partial charge in [-0.05, 0) is 70.1 Å². The van der Waals surface area contributed by atoms with Crippen LogP contribution in [-0.4, -0.2) is 56.7 Å². The molecule has 2 saturated carbocycles. The van der Waals surface area contributed by atoms with E-state index in [9.17, 15) is 27.9 Å². The van der Waals surface area contributed by atoms with Gasteiger partial charge in [0, 0.05) is 23.3 Å². The Labute approximate surface area is 222 Å². The number of benzene rings is 1. The van der Waals surface area contributed by atoms with Gasteiger partial charge < -0.3 is 25.5 Å². The first-order valence-corrected chi connectivity index (χ1v) is 13.0. The van der Waals surface area contributed by atoms with E-state index in [0.29, 0.717) is 43.0 Å². The molecule has 9 nitrogen and oxygen atoms in total. The highest BCUT2D eigenvalue weighted by Crippen LogP contribution is 2.40. The van der Waals surface area contributed by atoms with Crippen molar-refractivity contribution >= 4 is 22.8 Å². The number of ether oxygens (including phenoxy) is 1. The topological polar surface area (TPSA) is 129 Å². The van der Waals surface area contributed by atoms with Gasteiger partial charge in [0.15, 0.2) is 0 Å². The molecular weight excluding hydrogens is 515 g/mol. The Balaban J connectivity index is 1.43. The van der Waals surface area contributed by atoms with Crippen molar-refractivity contribution in [3.05, 3.63) is 41.3 Å². The number of H-pyrrole nitrogens is 1. The van der Waals surface area contributed by atoms with Crippen molar-refractivity contribution in [2.75, 3.05) is 6.61 Å². The minimum Gasteiger partial charge on any atom is -0.493 e. The number of aromatic nitrogens is 3. The van der Waals surface area contributed by atoms with Gasteiger partial charge in [0.1, 0.15) is 29.4 Å². The first-order chi connectivity index (χ1) is 18.5. The van der Waals surface area contributed by atoms with Gasteiger partial charge in [-0.1, -0.05) is 0 Å². The number of amides is 2. The zero-order valence-electron chi connectivity index (χ0n) is 21.6. The monoisotopic (exact) mass is 545 g/mol. The third-order valence-electron chi connectivity index (χ3n) is 7.23. The molecule has 12 heteroatoms. The average Bonchev–Trinajstić information content (AvgIpc) is 3.50. The molecule has 2 aliphatic carbocycles. The number of aliphatic hydroxyl groups excluding tert-OH is 1. The molecule has 0 bridgehead atoms. The first kappa shape index (κ1) is 26.9. The summed E-state index contributed by atoms with van der Waals surface area (Å²) < 4.78 is 46.7. The highest BCUT2D eigenvalue weighted by molar-refractivity contribution is 6.09. The normalized spacial score (nSPS) is 20.2. The number of hydrogen-bond acceptors (Lipinski definition) is 6. The molecule has 39 heavy (non-hydrogen) atoms. The van der Waals surface area contributed by atoms with Crippen molar-refractivity contribution in [2.45, 2.75) is 70.3 Å². The molecule has 2 heterocycles. The van der Waals surface area contributed by atoms with Crippen LogP contribution >= 0.6 is 0 Å². The predicted octanol–water partition coefficient (Wildman–Crippen LogP) is 3.89. The van der Waals surface area contributed by atoms with E-state index in [1.807, 2.05) is 0 Å². The number of hydrogen-bond donors (Lipinski definition) is 4. The van der Waals surface area contributed by atoms with E-state index in [1.165, 1.54) is 19.3 Å². The molecule has 2 aromatic heterocycles. The average molecular weight is 546 g/mol. The van der Waals surface area contributed by atoms with Gasteiger partial charge in [-0.3, -0.25) is 9.59 Å². The summed E-state index contributed by atoms with van der Waals surface area (Å²) >= 11 is 0. The van der Waals surface area contributed by atoms with E-state index in [4.69, 9.17) is 4.74 Å². The number of fused-ring (bicyclic) bond motifs is 1. The van der Waals surface area contributed by atoms with Crippen LogP contribution < -0.4 is 15.4 Å². The smallest absolute Gasteiger partial charge is 0.416 e. The van der Waals surface area contributed by atoms with Crippen LogP contribution in [0.4, 0.5) is 13.2 Å². The number of nitrogens with zero attached hydrogens (tertiary/aromatic N) is 2. The van der Waals surface area contributed by atoms with E-state index in [2.05, 4.69) is 25.6 Å². The molecule has 3 aromatic rings. The largest absolute Gasteiger partial charge is 0.493 e. The second-order valence-electron chi connectivity index (χ2n) is 10.4. The molecule has 5 rings (SSSR count). The van der Waals surface area contributed by atoms with E-state index in [0.717, 1.165) is 25.0 Å². The molecule has 0 saturated heterocycles. The summed E-state index contributed by atoms with van der Waals surface area (Å²) in [7, 11) is 0. The van der Waals surface area contributed by atoms with Crippen LogP contribution in [0.5, 0.6) is 5.75 Å². The third kappa shape index (κ3) is 5.85. The van der Waals surface area contributed by atoms with E-state index in [-0.39, 0.29) is 46.1 Å². The maximum absolute atomic E-state index is 13.6. The van der Waals surface area contributed by atoms with Gasteiger partial charge in [-0.25, -0.2) is 9.97 Å². The van der Waals surface area contributed by atoms with Gasteiger partial charge in [0.2, 0.25) is 5.91 Å². The minimum absolute atomic E-state index is 0.162. The zero-order valence-corrected chi connectivity index (χ0v) is 21.6.